The van der Waals surface area contributed by atoms with Gasteiger partial charge in [0.25, 0.3) is 0 Å². The van der Waals surface area contributed by atoms with Crippen LogP contribution < -0.4 is 3.93 Å². The van der Waals surface area contributed by atoms with Crippen LogP contribution in [0.25, 0.3) is 10.8 Å². The van der Waals surface area contributed by atoms with Crippen molar-refractivity contribution in [2.75, 3.05) is 10.5 Å². The minimum Gasteiger partial charge on any atom is -0.309 e. The largest absolute Gasteiger partial charge is 0.309 e. The smallest absolute Gasteiger partial charge is 0.0549 e. The fraction of sp³-hybridized carbons (Fsp3) is 0.167. The number of fused-ring (bicyclic) bond motifs is 1. The molecule has 0 amide bonds. The van der Waals surface area contributed by atoms with Crippen LogP contribution in [-0.4, -0.2) is 6.54 Å². The molecule has 0 aliphatic heterocycles. The van der Waals surface area contributed by atoms with Gasteiger partial charge >= 0.3 is 0 Å². The predicted octanol–water partition coefficient (Wildman–Crippen LogP) is 3.98. The lowest BCUT2D eigenvalue weighted by Crippen LogP contribution is -2.07. The molecule has 0 atom stereocenters. The van der Waals surface area contributed by atoms with Crippen molar-refractivity contribution in [3.63, 3.8) is 0 Å². The molecule has 2 rings (SSSR count). The molecule has 14 heavy (non-hydrogen) atoms. The summed E-state index contributed by atoms with van der Waals surface area (Å²) in [6.07, 6.45) is 0. The average molecular weight is 250 g/mol. The SMILES string of the molecule is CCN(Br)c1cccc2ccccc12. The van der Waals surface area contributed by atoms with Gasteiger partial charge in [0.2, 0.25) is 0 Å². The number of benzene rings is 2. The first-order valence-corrected chi connectivity index (χ1v) is 5.45. The van der Waals surface area contributed by atoms with Crippen molar-refractivity contribution >= 4 is 32.6 Å². The predicted molar refractivity (Wildman–Crippen MR) is 65.9 cm³/mol. The fourth-order valence-electron chi connectivity index (χ4n) is 1.59. The van der Waals surface area contributed by atoms with Crippen LogP contribution in [0.3, 0.4) is 0 Å². The Morgan fingerprint density at radius 3 is 2.57 bits per heavy atom. The molecule has 0 N–H and O–H groups in total. The van der Waals surface area contributed by atoms with Crippen molar-refractivity contribution in [3.8, 4) is 0 Å². The van der Waals surface area contributed by atoms with Crippen molar-refractivity contribution in [2.24, 2.45) is 0 Å². The highest BCUT2D eigenvalue weighted by Crippen LogP contribution is 2.28. The van der Waals surface area contributed by atoms with Gasteiger partial charge in [0.15, 0.2) is 0 Å². The zero-order valence-electron chi connectivity index (χ0n) is 8.07. The Morgan fingerprint density at radius 2 is 1.79 bits per heavy atom. The maximum Gasteiger partial charge on any atom is 0.0549 e. The number of halogens is 1. The molecule has 0 heterocycles. The summed E-state index contributed by atoms with van der Waals surface area (Å²) in [6.45, 7) is 3.07. The molecule has 0 aliphatic rings. The van der Waals surface area contributed by atoms with E-state index >= 15 is 0 Å². The van der Waals surface area contributed by atoms with Gasteiger partial charge in [-0.2, -0.15) is 0 Å². The third-order valence-corrected chi connectivity index (χ3v) is 3.19. The highest BCUT2D eigenvalue weighted by Gasteiger charge is 2.03. The van der Waals surface area contributed by atoms with E-state index in [1.165, 1.54) is 16.5 Å². The highest BCUT2D eigenvalue weighted by molar-refractivity contribution is 9.10. The van der Waals surface area contributed by atoms with Gasteiger partial charge in [0.1, 0.15) is 0 Å². The first-order chi connectivity index (χ1) is 6.83. The van der Waals surface area contributed by atoms with Gasteiger partial charge in [-0.1, -0.05) is 36.4 Å². The first kappa shape index (κ1) is 9.53. The Morgan fingerprint density at radius 1 is 1.07 bits per heavy atom. The summed E-state index contributed by atoms with van der Waals surface area (Å²) >= 11 is 3.54. The molecule has 0 radical (unpaired) electrons. The van der Waals surface area contributed by atoms with Crippen LogP contribution in [0.4, 0.5) is 5.69 Å². The van der Waals surface area contributed by atoms with Gasteiger partial charge in [-0.25, -0.2) is 0 Å². The second-order valence-corrected chi connectivity index (χ2v) is 4.03. The second kappa shape index (κ2) is 4.01. The Kier molecular flexibility index (Phi) is 2.73. The average Bonchev–Trinajstić information content (AvgIpc) is 2.27. The topological polar surface area (TPSA) is 3.24 Å². The van der Waals surface area contributed by atoms with Crippen molar-refractivity contribution in [2.45, 2.75) is 6.92 Å². The summed E-state index contributed by atoms with van der Waals surface area (Å²) in [6, 6.07) is 14.8. The molecule has 2 aromatic carbocycles. The van der Waals surface area contributed by atoms with Crippen LogP contribution in [-0.2, 0) is 0 Å². The molecule has 72 valence electrons. The molecular formula is C12H12BrN. The molecule has 0 saturated heterocycles. The molecular weight excluding hydrogens is 238 g/mol. The standard InChI is InChI=1S/C12H12BrN/c1-2-14(13)12-9-5-7-10-6-3-4-8-11(10)12/h3-9H,2H2,1H3. The van der Waals surface area contributed by atoms with Gasteiger partial charge in [0.05, 0.1) is 5.69 Å². The van der Waals surface area contributed by atoms with Crippen molar-refractivity contribution < 1.29 is 0 Å². The third kappa shape index (κ3) is 1.62. The minimum atomic E-state index is 0.952. The van der Waals surface area contributed by atoms with E-state index in [2.05, 4.69) is 69.5 Å². The van der Waals surface area contributed by atoms with E-state index in [0.29, 0.717) is 0 Å². The number of anilines is 1. The third-order valence-electron chi connectivity index (χ3n) is 2.31. The monoisotopic (exact) mass is 249 g/mol. The summed E-state index contributed by atoms with van der Waals surface area (Å²) in [7, 11) is 0. The molecule has 0 aromatic heterocycles. The number of hydrogen-bond acceptors (Lipinski definition) is 1. The van der Waals surface area contributed by atoms with Gasteiger partial charge in [-0.05, 0) is 18.4 Å². The van der Waals surface area contributed by atoms with Gasteiger partial charge in [-0.3, -0.25) is 0 Å². The van der Waals surface area contributed by atoms with Crippen molar-refractivity contribution in [1.82, 2.24) is 0 Å². The van der Waals surface area contributed by atoms with Crippen molar-refractivity contribution in [1.29, 1.82) is 0 Å². The van der Waals surface area contributed by atoms with Crippen LogP contribution in [0.5, 0.6) is 0 Å². The van der Waals surface area contributed by atoms with Crippen LogP contribution >= 0.6 is 16.1 Å². The summed E-state index contributed by atoms with van der Waals surface area (Å²) < 4.78 is 2.08. The van der Waals surface area contributed by atoms with E-state index in [-0.39, 0.29) is 0 Å². The first-order valence-electron chi connectivity index (χ1n) is 4.74. The quantitative estimate of drug-likeness (QED) is 0.729. The zero-order valence-corrected chi connectivity index (χ0v) is 9.66. The van der Waals surface area contributed by atoms with E-state index in [1.54, 1.807) is 0 Å². The number of rotatable bonds is 2. The van der Waals surface area contributed by atoms with Crippen LogP contribution in [0.1, 0.15) is 6.92 Å². The van der Waals surface area contributed by atoms with Gasteiger partial charge in [-0.15, -0.1) is 0 Å². The maximum atomic E-state index is 3.54. The normalized spacial score (nSPS) is 10.4. The number of hydrogen-bond donors (Lipinski definition) is 0. The molecule has 0 unspecified atom stereocenters. The Labute approximate surface area is 92.7 Å². The molecule has 0 fully saturated rings. The lowest BCUT2D eigenvalue weighted by Gasteiger charge is -2.16. The van der Waals surface area contributed by atoms with E-state index in [9.17, 15) is 0 Å². The van der Waals surface area contributed by atoms with Crippen molar-refractivity contribution in [3.05, 3.63) is 42.5 Å². The van der Waals surface area contributed by atoms with Crippen LogP contribution in [0.2, 0.25) is 0 Å². The summed E-state index contributed by atoms with van der Waals surface area (Å²) in [5.74, 6) is 0. The Bertz CT molecular complexity index is 434. The summed E-state index contributed by atoms with van der Waals surface area (Å²) in [5, 5.41) is 2.57. The lowest BCUT2D eigenvalue weighted by molar-refractivity contribution is 1.13. The molecule has 2 aromatic rings. The maximum absolute atomic E-state index is 3.54. The van der Waals surface area contributed by atoms with E-state index in [4.69, 9.17) is 0 Å². The lowest BCUT2D eigenvalue weighted by atomic mass is 10.1. The van der Waals surface area contributed by atoms with E-state index in [0.717, 1.165) is 6.54 Å². The summed E-state index contributed by atoms with van der Waals surface area (Å²) in [4.78, 5) is 0. The molecule has 1 nitrogen and oxygen atoms in total. The molecule has 2 heteroatoms. The Hall–Kier alpha value is -1.02. The minimum absolute atomic E-state index is 0.952. The molecule has 0 spiro atoms. The molecule has 0 aliphatic carbocycles. The summed E-state index contributed by atoms with van der Waals surface area (Å²) in [5.41, 5.74) is 1.23. The van der Waals surface area contributed by atoms with Gasteiger partial charge < -0.3 is 3.93 Å². The Balaban J connectivity index is 2.65. The molecule has 0 bridgehead atoms. The zero-order chi connectivity index (χ0) is 9.97. The fourth-order valence-corrected chi connectivity index (χ4v) is 1.90. The van der Waals surface area contributed by atoms with Crippen LogP contribution in [0.15, 0.2) is 42.5 Å². The van der Waals surface area contributed by atoms with Gasteiger partial charge in [0, 0.05) is 28.1 Å². The van der Waals surface area contributed by atoms with E-state index in [1.807, 2.05) is 0 Å². The van der Waals surface area contributed by atoms with Crippen LogP contribution in [0, 0.1) is 0 Å². The molecule has 0 saturated carbocycles. The second-order valence-electron chi connectivity index (χ2n) is 3.18. The highest BCUT2D eigenvalue weighted by atomic mass is 79.9. The van der Waals surface area contributed by atoms with E-state index < -0.39 is 0 Å². The number of nitrogens with zero attached hydrogens (tertiary/aromatic N) is 1.